The van der Waals surface area contributed by atoms with Gasteiger partial charge in [0.15, 0.2) is 10.8 Å². The predicted molar refractivity (Wildman–Crippen MR) is 99.7 cm³/mol. The maximum absolute atomic E-state index is 13.3. The molecule has 26 heavy (non-hydrogen) atoms. The molecule has 3 aromatic rings. The van der Waals surface area contributed by atoms with Crippen molar-refractivity contribution < 1.29 is 9.18 Å². The Bertz CT molecular complexity index is 955. The molecule has 1 aliphatic carbocycles. The van der Waals surface area contributed by atoms with E-state index in [1.54, 1.807) is 16.8 Å². The fourth-order valence-corrected chi connectivity index (χ4v) is 4.07. The second kappa shape index (κ2) is 6.64. The van der Waals surface area contributed by atoms with Crippen LogP contribution in [0.5, 0.6) is 0 Å². The van der Waals surface area contributed by atoms with Crippen LogP contribution >= 0.6 is 11.3 Å². The molecule has 4 rings (SSSR count). The molecule has 0 aliphatic heterocycles. The second-order valence-electron chi connectivity index (χ2n) is 6.48. The third-order valence-corrected chi connectivity index (χ3v) is 5.70. The number of nitrogens with one attached hydrogen (secondary N) is 1. The number of thiazole rings is 1. The number of amides is 1. The maximum Gasteiger partial charge on any atom is 0.278 e. The number of carbonyl (C=O) groups is 1. The van der Waals surface area contributed by atoms with Crippen LogP contribution in [0.3, 0.4) is 0 Å². The van der Waals surface area contributed by atoms with Gasteiger partial charge in [0.05, 0.1) is 11.4 Å². The molecular weight excluding hydrogens is 351 g/mol. The van der Waals surface area contributed by atoms with Crippen molar-refractivity contribution in [1.82, 2.24) is 14.8 Å². The van der Waals surface area contributed by atoms with Gasteiger partial charge in [0.25, 0.3) is 5.91 Å². The van der Waals surface area contributed by atoms with Gasteiger partial charge in [0.1, 0.15) is 5.82 Å². The Kier molecular flexibility index (Phi) is 4.32. The molecule has 1 aliphatic rings. The Labute approximate surface area is 154 Å². The highest BCUT2D eigenvalue weighted by atomic mass is 32.1. The van der Waals surface area contributed by atoms with Crippen LogP contribution in [0.1, 0.15) is 45.2 Å². The van der Waals surface area contributed by atoms with Crippen molar-refractivity contribution in [2.24, 2.45) is 0 Å². The number of rotatable bonds is 3. The first kappa shape index (κ1) is 16.9. The van der Waals surface area contributed by atoms with Crippen molar-refractivity contribution in [2.75, 3.05) is 5.32 Å². The van der Waals surface area contributed by atoms with Gasteiger partial charge in [0.2, 0.25) is 0 Å². The van der Waals surface area contributed by atoms with E-state index in [-0.39, 0.29) is 11.7 Å². The highest BCUT2D eigenvalue weighted by molar-refractivity contribution is 7.15. The Morgan fingerprint density at radius 3 is 2.62 bits per heavy atom. The number of aryl methyl sites for hydroxylation is 2. The third-order valence-electron chi connectivity index (χ3n) is 4.72. The van der Waals surface area contributed by atoms with E-state index in [1.807, 2.05) is 13.8 Å². The highest BCUT2D eigenvalue weighted by Crippen LogP contribution is 2.28. The minimum Gasteiger partial charge on any atom is -0.296 e. The average Bonchev–Trinajstić information content (AvgIpc) is 3.16. The van der Waals surface area contributed by atoms with Crippen LogP contribution in [0.4, 0.5) is 9.52 Å². The molecule has 1 amide bonds. The van der Waals surface area contributed by atoms with Gasteiger partial charge in [-0.1, -0.05) is 0 Å². The van der Waals surface area contributed by atoms with E-state index in [9.17, 15) is 9.18 Å². The summed E-state index contributed by atoms with van der Waals surface area (Å²) in [6.45, 7) is 3.90. The summed E-state index contributed by atoms with van der Waals surface area (Å²) in [7, 11) is 0. The molecule has 0 radical (unpaired) electrons. The van der Waals surface area contributed by atoms with Crippen LogP contribution in [-0.2, 0) is 12.8 Å². The fraction of sp³-hybridized carbons (Fsp3) is 0.316. The Hall–Kier alpha value is -2.54. The first-order chi connectivity index (χ1) is 12.5. The summed E-state index contributed by atoms with van der Waals surface area (Å²) in [5.41, 5.74) is 4.16. The van der Waals surface area contributed by atoms with Gasteiger partial charge in [-0.2, -0.15) is 5.10 Å². The molecule has 0 fully saturated rings. The number of hydrogen-bond donors (Lipinski definition) is 1. The summed E-state index contributed by atoms with van der Waals surface area (Å²) in [6, 6.07) is 6.19. The molecule has 0 spiro atoms. The predicted octanol–water partition coefficient (Wildman–Crippen LogP) is 4.22. The molecule has 0 unspecified atom stereocenters. The fourth-order valence-electron chi connectivity index (χ4n) is 3.26. The van der Waals surface area contributed by atoms with Crippen LogP contribution in [0.2, 0.25) is 0 Å². The van der Waals surface area contributed by atoms with Gasteiger partial charge in [-0.15, -0.1) is 11.3 Å². The van der Waals surface area contributed by atoms with Gasteiger partial charge < -0.3 is 0 Å². The molecule has 0 saturated carbocycles. The molecule has 0 atom stereocenters. The van der Waals surface area contributed by atoms with E-state index in [0.717, 1.165) is 53.2 Å². The van der Waals surface area contributed by atoms with Crippen molar-refractivity contribution in [3.63, 3.8) is 0 Å². The molecule has 2 heterocycles. The van der Waals surface area contributed by atoms with E-state index in [1.165, 1.54) is 23.5 Å². The summed E-state index contributed by atoms with van der Waals surface area (Å²) in [5.74, 6) is -0.528. The number of hydrogen-bond acceptors (Lipinski definition) is 4. The average molecular weight is 370 g/mol. The van der Waals surface area contributed by atoms with Gasteiger partial charge in [0, 0.05) is 16.1 Å². The summed E-state index contributed by atoms with van der Waals surface area (Å²) in [6.07, 6.45) is 3.79. The molecule has 2 aromatic heterocycles. The molecule has 0 saturated heterocycles. The Balaban J connectivity index is 1.71. The number of benzene rings is 1. The number of aromatic nitrogens is 3. The summed E-state index contributed by atoms with van der Waals surface area (Å²) in [5, 5.41) is 8.04. The number of nitrogens with zero attached hydrogens (tertiary/aromatic N) is 3. The summed E-state index contributed by atoms with van der Waals surface area (Å²) in [4.78, 5) is 18.3. The largest absolute Gasteiger partial charge is 0.296 e. The molecule has 1 N–H and O–H groups in total. The van der Waals surface area contributed by atoms with Gasteiger partial charge in [-0.25, -0.2) is 14.1 Å². The lowest BCUT2D eigenvalue weighted by atomic mass is 9.95. The zero-order valence-electron chi connectivity index (χ0n) is 14.7. The van der Waals surface area contributed by atoms with Crippen molar-refractivity contribution in [3.05, 3.63) is 57.6 Å². The SMILES string of the molecule is Cc1nc(NC(=O)c2nn(-c3ccc(F)cc3)c3c2CCCC3)sc1C. The van der Waals surface area contributed by atoms with Gasteiger partial charge in [-0.3, -0.25) is 10.1 Å². The summed E-state index contributed by atoms with van der Waals surface area (Å²) < 4.78 is 15.0. The van der Waals surface area contributed by atoms with Crippen LogP contribution in [0.25, 0.3) is 5.69 Å². The molecule has 1 aromatic carbocycles. The normalized spacial score (nSPS) is 13.5. The van der Waals surface area contributed by atoms with Crippen molar-refractivity contribution in [2.45, 2.75) is 39.5 Å². The first-order valence-corrected chi connectivity index (χ1v) is 9.46. The van der Waals surface area contributed by atoms with E-state index in [2.05, 4.69) is 15.4 Å². The monoisotopic (exact) mass is 370 g/mol. The summed E-state index contributed by atoms with van der Waals surface area (Å²) >= 11 is 1.46. The third kappa shape index (κ3) is 3.03. The van der Waals surface area contributed by atoms with Crippen molar-refractivity contribution in [1.29, 1.82) is 0 Å². The van der Waals surface area contributed by atoms with Crippen LogP contribution in [0, 0.1) is 19.7 Å². The van der Waals surface area contributed by atoms with Gasteiger partial charge in [-0.05, 0) is 63.8 Å². The topological polar surface area (TPSA) is 59.8 Å². The first-order valence-electron chi connectivity index (χ1n) is 8.65. The van der Waals surface area contributed by atoms with Gasteiger partial charge >= 0.3 is 0 Å². The minimum atomic E-state index is -0.290. The number of halogens is 1. The quantitative estimate of drug-likeness (QED) is 0.751. The van der Waals surface area contributed by atoms with Crippen LogP contribution in [-0.4, -0.2) is 20.7 Å². The number of fused-ring (bicyclic) bond motifs is 1. The van der Waals surface area contributed by atoms with E-state index in [4.69, 9.17) is 0 Å². The highest BCUT2D eigenvalue weighted by Gasteiger charge is 2.26. The molecule has 134 valence electrons. The van der Waals surface area contributed by atoms with E-state index in [0.29, 0.717) is 10.8 Å². The molecule has 0 bridgehead atoms. The standard InChI is InChI=1S/C19H19FN4OS/c1-11-12(2)26-19(21-11)22-18(25)17-15-5-3-4-6-16(15)24(23-17)14-9-7-13(20)8-10-14/h7-10H,3-6H2,1-2H3,(H,21,22,25). The van der Waals surface area contributed by atoms with Crippen LogP contribution in [0.15, 0.2) is 24.3 Å². The maximum atomic E-state index is 13.3. The van der Waals surface area contributed by atoms with Crippen molar-refractivity contribution >= 4 is 22.4 Å². The molecular formula is C19H19FN4OS. The zero-order valence-corrected chi connectivity index (χ0v) is 15.5. The zero-order chi connectivity index (χ0) is 18.3. The second-order valence-corrected chi connectivity index (χ2v) is 7.69. The van der Waals surface area contributed by atoms with Crippen molar-refractivity contribution in [3.8, 4) is 5.69 Å². The lowest BCUT2D eigenvalue weighted by Gasteiger charge is -2.14. The number of anilines is 1. The molecule has 7 heteroatoms. The lowest BCUT2D eigenvalue weighted by molar-refractivity contribution is 0.102. The molecule has 5 nitrogen and oxygen atoms in total. The lowest BCUT2D eigenvalue weighted by Crippen LogP contribution is -2.15. The van der Waals surface area contributed by atoms with E-state index < -0.39 is 0 Å². The minimum absolute atomic E-state index is 0.238. The van der Waals surface area contributed by atoms with E-state index >= 15 is 0 Å². The Morgan fingerprint density at radius 2 is 1.92 bits per heavy atom. The smallest absolute Gasteiger partial charge is 0.278 e. The Morgan fingerprint density at radius 1 is 1.19 bits per heavy atom. The number of carbonyl (C=O) groups excluding carboxylic acids is 1. The van der Waals surface area contributed by atoms with Crippen LogP contribution < -0.4 is 5.32 Å².